The van der Waals surface area contributed by atoms with Gasteiger partial charge < -0.3 is 0 Å². The zero-order chi connectivity index (χ0) is 18.8. The number of fused-ring (bicyclic) bond motifs is 1. The molecule has 0 aliphatic heterocycles. The van der Waals surface area contributed by atoms with Gasteiger partial charge in [0.15, 0.2) is 0 Å². The Morgan fingerprint density at radius 1 is 1.11 bits per heavy atom. The Labute approximate surface area is 166 Å². The maximum absolute atomic E-state index is 9.65. The molecule has 0 radical (unpaired) electrons. The lowest BCUT2D eigenvalue weighted by atomic mass is 10.1. The van der Waals surface area contributed by atoms with Gasteiger partial charge in [0.1, 0.15) is 16.2 Å². The number of halogens is 1. The molecule has 0 aliphatic carbocycles. The molecule has 0 N–H and O–H groups in total. The average Bonchev–Trinajstić information content (AvgIpc) is 3.18. The van der Waals surface area contributed by atoms with Crippen molar-refractivity contribution in [2.45, 2.75) is 6.92 Å². The van der Waals surface area contributed by atoms with Gasteiger partial charge in [-0.25, -0.2) is 9.97 Å². The maximum atomic E-state index is 9.65. The predicted molar refractivity (Wildman–Crippen MR) is 113 cm³/mol. The molecule has 0 fully saturated rings. The van der Waals surface area contributed by atoms with Gasteiger partial charge in [0.05, 0.1) is 16.8 Å². The lowest BCUT2D eigenvalue weighted by molar-refractivity contribution is 1.35. The molecule has 2 aromatic carbocycles. The van der Waals surface area contributed by atoms with Crippen molar-refractivity contribution in [2.75, 3.05) is 0 Å². The minimum absolute atomic E-state index is 0.379. The summed E-state index contributed by atoms with van der Waals surface area (Å²) < 4.78 is 0. The summed E-state index contributed by atoms with van der Waals surface area (Å²) in [5, 5.41) is 13.6. The molecule has 0 saturated heterocycles. The number of aromatic nitrogens is 2. The molecule has 0 bridgehead atoms. The lowest BCUT2D eigenvalue weighted by Crippen LogP contribution is -1.89. The summed E-state index contributed by atoms with van der Waals surface area (Å²) in [6.07, 6.45) is 1.75. The summed E-state index contributed by atoms with van der Waals surface area (Å²) in [6.45, 7) is 2.00. The molecule has 0 unspecified atom stereocenters. The Morgan fingerprint density at radius 3 is 2.70 bits per heavy atom. The number of hydrogen-bond acceptors (Lipinski definition) is 4. The van der Waals surface area contributed by atoms with E-state index in [-0.39, 0.29) is 0 Å². The average molecular weight is 388 g/mol. The van der Waals surface area contributed by atoms with E-state index in [1.54, 1.807) is 6.08 Å². The summed E-state index contributed by atoms with van der Waals surface area (Å²) >= 11 is 7.83. The first kappa shape index (κ1) is 17.4. The zero-order valence-electron chi connectivity index (χ0n) is 14.5. The van der Waals surface area contributed by atoms with Crippen LogP contribution in [0.2, 0.25) is 5.15 Å². The smallest absolute Gasteiger partial charge is 0.137 e. The second-order valence-corrected chi connectivity index (χ2v) is 7.30. The van der Waals surface area contributed by atoms with Crippen LogP contribution >= 0.6 is 22.9 Å². The highest BCUT2D eigenvalue weighted by molar-refractivity contribution is 7.11. The van der Waals surface area contributed by atoms with E-state index >= 15 is 0 Å². The van der Waals surface area contributed by atoms with Crippen LogP contribution in [0.3, 0.4) is 0 Å². The first-order valence-electron chi connectivity index (χ1n) is 8.34. The molecule has 4 aromatic rings. The van der Waals surface area contributed by atoms with Crippen LogP contribution in [0.1, 0.15) is 16.1 Å². The standard InChI is InChI=1S/C22H14ClN3S/c1-14-6-5-9-16-10-17(21(23)26-20(14)16)11-18(12-24)22-25-19(13-27-22)15-7-3-2-4-8-15/h2-11,13H,1H3/b18-11+. The summed E-state index contributed by atoms with van der Waals surface area (Å²) in [5.74, 6) is 0. The molecule has 130 valence electrons. The number of nitrogens with zero attached hydrogens (tertiary/aromatic N) is 3. The monoisotopic (exact) mass is 387 g/mol. The highest BCUT2D eigenvalue weighted by Gasteiger charge is 2.11. The number of thiazole rings is 1. The van der Waals surface area contributed by atoms with Crippen LogP contribution < -0.4 is 0 Å². The van der Waals surface area contributed by atoms with Gasteiger partial charge in [-0.05, 0) is 24.6 Å². The molecule has 3 nitrogen and oxygen atoms in total. The summed E-state index contributed by atoms with van der Waals surface area (Å²) in [7, 11) is 0. The number of benzene rings is 2. The molecule has 5 heteroatoms. The van der Waals surface area contributed by atoms with Crippen molar-refractivity contribution >= 4 is 45.5 Å². The quantitative estimate of drug-likeness (QED) is 0.302. The number of hydrogen-bond donors (Lipinski definition) is 0. The highest BCUT2D eigenvalue weighted by atomic mass is 35.5. The maximum Gasteiger partial charge on any atom is 0.137 e. The summed E-state index contributed by atoms with van der Waals surface area (Å²) in [5.41, 5.74) is 5.01. The van der Waals surface area contributed by atoms with Crippen molar-refractivity contribution in [1.82, 2.24) is 9.97 Å². The van der Waals surface area contributed by atoms with E-state index in [2.05, 4.69) is 16.0 Å². The van der Waals surface area contributed by atoms with Gasteiger partial charge in [-0.15, -0.1) is 11.3 Å². The van der Waals surface area contributed by atoms with Crippen molar-refractivity contribution in [2.24, 2.45) is 0 Å². The summed E-state index contributed by atoms with van der Waals surface area (Å²) in [6, 6.07) is 20.1. The van der Waals surface area contributed by atoms with Crippen LogP contribution in [0.5, 0.6) is 0 Å². The van der Waals surface area contributed by atoms with Crippen molar-refractivity contribution < 1.29 is 0 Å². The van der Waals surface area contributed by atoms with E-state index in [9.17, 15) is 5.26 Å². The van der Waals surface area contributed by atoms with Crippen LogP contribution in [0.25, 0.3) is 33.8 Å². The molecule has 4 rings (SSSR count). The first-order chi connectivity index (χ1) is 13.2. The van der Waals surface area contributed by atoms with Gasteiger partial charge in [-0.1, -0.05) is 60.1 Å². The third-order valence-electron chi connectivity index (χ3n) is 4.25. The normalized spacial score (nSPS) is 11.5. The Bertz CT molecular complexity index is 1200. The topological polar surface area (TPSA) is 49.6 Å². The van der Waals surface area contributed by atoms with Gasteiger partial charge in [-0.3, -0.25) is 0 Å². The lowest BCUT2D eigenvalue weighted by Gasteiger charge is -2.05. The van der Waals surface area contributed by atoms with Gasteiger partial charge in [0.2, 0.25) is 0 Å². The van der Waals surface area contributed by atoms with Gasteiger partial charge in [0.25, 0.3) is 0 Å². The largest absolute Gasteiger partial charge is 0.235 e. The number of aryl methyl sites for hydroxylation is 1. The van der Waals surface area contributed by atoms with Gasteiger partial charge in [-0.2, -0.15) is 5.26 Å². The fourth-order valence-electron chi connectivity index (χ4n) is 2.88. The van der Waals surface area contributed by atoms with Crippen molar-refractivity contribution in [3.05, 3.63) is 81.3 Å². The highest BCUT2D eigenvalue weighted by Crippen LogP contribution is 2.30. The van der Waals surface area contributed by atoms with Crippen LogP contribution in [0.15, 0.2) is 60.0 Å². The number of rotatable bonds is 3. The molecule has 0 aliphatic rings. The minimum Gasteiger partial charge on any atom is -0.235 e. The van der Waals surface area contributed by atoms with Crippen molar-refractivity contribution in [1.29, 1.82) is 5.26 Å². The Balaban J connectivity index is 1.76. The molecular weight excluding hydrogens is 374 g/mol. The van der Waals surface area contributed by atoms with E-state index in [0.29, 0.717) is 21.3 Å². The number of nitriles is 1. The Hall–Kier alpha value is -3.00. The number of para-hydroxylation sites is 1. The molecule has 0 saturated carbocycles. The van der Waals surface area contributed by atoms with Crippen LogP contribution in [-0.4, -0.2) is 9.97 Å². The van der Waals surface area contributed by atoms with E-state index in [4.69, 9.17) is 11.6 Å². The van der Waals surface area contributed by atoms with Gasteiger partial charge >= 0.3 is 0 Å². The van der Waals surface area contributed by atoms with Crippen molar-refractivity contribution in [3.63, 3.8) is 0 Å². The van der Waals surface area contributed by atoms with E-state index in [1.165, 1.54) is 11.3 Å². The van der Waals surface area contributed by atoms with E-state index in [1.807, 2.05) is 66.9 Å². The summed E-state index contributed by atoms with van der Waals surface area (Å²) in [4.78, 5) is 9.12. The third-order valence-corrected chi connectivity index (χ3v) is 5.43. The minimum atomic E-state index is 0.379. The Kier molecular flexibility index (Phi) is 4.72. The molecule has 27 heavy (non-hydrogen) atoms. The molecule has 0 amide bonds. The Morgan fingerprint density at radius 2 is 1.93 bits per heavy atom. The molecular formula is C22H14ClN3S. The fraction of sp³-hybridized carbons (Fsp3) is 0.0455. The second-order valence-electron chi connectivity index (χ2n) is 6.09. The predicted octanol–water partition coefficient (Wildman–Crippen LogP) is 6.38. The first-order valence-corrected chi connectivity index (χ1v) is 9.60. The van der Waals surface area contributed by atoms with E-state index < -0.39 is 0 Å². The van der Waals surface area contributed by atoms with Gasteiger partial charge in [0, 0.05) is 21.9 Å². The second kappa shape index (κ2) is 7.32. The third kappa shape index (κ3) is 3.48. The zero-order valence-corrected chi connectivity index (χ0v) is 16.1. The number of allylic oxidation sites excluding steroid dienone is 1. The van der Waals surface area contributed by atoms with Crippen LogP contribution in [0.4, 0.5) is 0 Å². The molecule has 0 atom stereocenters. The fourth-order valence-corrected chi connectivity index (χ4v) is 3.87. The van der Waals surface area contributed by atoms with E-state index in [0.717, 1.165) is 27.7 Å². The van der Waals surface area contributed by atoms with Crippen molar-refractivity contribution in [3.8, 4) is 17.3 Å². The molecule has 0 spiro atoms. The van der Waals surface area contributed by atoms with Crippen LogP contribution in [-0.2, 0) is 0 Å². The molecule has 2 heterocycles. The van der Waals surface area contributed by atoms with Crippen LogP contribution in [0, 0.1) is 18.3 Å². The molecule has 2 aromatic heterocycles. The number of pyridine rings is 1. The SMILES string of the molecule is Cc1cccc2cc(/C=C(\C#N)c3nc(-c4ccccc4)cs3)c(Cl)nc12.